The molecule has 0 fully saturated rings. The van der Waals surface area contributed by atoms with Crippen molar-refractivity contribution in [3.63, 3.8) is 0 Å². The van der Waals surface area contributed by atoms with E-state index in [4.69, 9.17) is 0 Å². The molecule has 0 radical (unpaired) electrons. The fourth-order valence-corrected chi connectivity index (χ4v) is 18.4. The molecule has 0 N–H and O–H groups in total. The van der Waals surface area contributed by atoms with E-state index in [1.54, 1.807) is 0 Å². The summed E-state index contributed by atoms with van der Waals surface area (Å²) in [6.07, 6.45) is 24.8. The third kappa shape index (κ3) is 8.14. The SMILES string of the molecule is C=Cc1ccc2c(c1)c1cc3c(cc1n2-c1ccc2c(c1)C1(c4ccccc4-2)c2ccccc2-c2ccc(-n4c5ccc(C=C)cc5c5cc6c(cc54)C(CCCCC)(CCCCCC)c4ccccc4-6)cc21)C(CCCCC)(CCCCC)c1ccccc1-3. The first-order valence-corrected chi connectivity index (χ1v) is 34.5. The summed E-state index contributed by atoms with van der Waals surface area (Å²) in [5.74, 6) is 0. The van der Waals surface area contributed by atoms with Crippen LogP contribution in [0.4, 0.5) is 0 Å². The maximum Gasteiger partial charge on any atom is 0.0727 e. The molecule has 4 aliphatic rings. The number of hydrogen-bond donors (Lipinski definition) is 0. The van der Waals surface area contributed by atoms with Crippen LogP contribution in [0.5, 0.6) is 0 Å². The third-order valence-electron chi connectivity index (χ3n) is 22.5. The smallest absolute Gasteiger partial charge is 0.0727 e. The van der Waals surface area contributed by atoms with Gasteiger partial charge < -0.3 is 9.13 Å². The Morgan fingerprint density at radius 3 is 1.03 bits per heavy atom. The summed E-state index contributed by atoms with van der Waals surface area (Å²) in [5, 5.41) is 5.15. The summed E-state index contributed by atoms with van der Waals surface area (Å²) in [6.45, 7) is 18.0. The second-order valence-corrected chi connectivity index (χ2v) is 27.2. The van der Waals surface area contributed by atoms with Gasteiger partial charge in [0.25, 0.3) is 0 Å². The van der Waals surface area contributed by atoms with Crippen molar-refractivity contribution < 1.29 is 0 Å². The molecule has 0 saturated heterocycles. The molecule has 2 unspecified atom stereocenters. The van der Waals surface area contributed by atoms with E-state index >= 15 is 0 Å². The second-order valence-electron chi connectivity index (χ2n) is 27.2. The number of aromatic nitrogens is 2. The quantitative estimate of drug-likeness (QED) is 0.0635. The molecule has 0 amide bonds. The van der Waals surface area contributed by atoms with Gasteiger partial charge in [-0.3, -0.25) is 0 Å². The first-order valence-electron chi connectivity index (χ1n) is 34.5. The van der Waals surface area contributed by atoms with Crippen LogP contribution in [-0.4, -0.2) is 9.13 Å². The van der Waals surface area contributed by atoms with E-state index < -0.39 is 5.41 Å². The second kappa shape index (κ2) is 22.3. The molecule has 2 heterocycles. The molecule has 2 atom stereocenters. The Bertz CT molecular complexity index is 4850. The lowest BCUT2D eigenvalue weighted by atomic mass is 9.70. The van der Waals surface area contributed by atoms with Crippen LogP contribution in [0.3, 0.4) is 0 Å². The van der Waals surface area contributed by atoms with Crippen molar-refractivity contribution in [3.05, 3.63) is 263 Å². The van der Waals surface area contributed by atoms with Crippen LogP contribution in [-0.2, 0) is 16.2 Å². The lowest BCUT2D eigenvalue weighted by Crippen LogP contribution is -2.26. The first kappa shape index (κ1) is 56.5. The highest BCUT2D eigenvalue weighted by Crippen LogP contribution is 2.64. The minimum absolute atomic E-state index is 0.0437. The van der Waals surface area contributed by atoms with Gasteiger partial charge >= 0.3 is 0 Å². The summed E-state index contributed by atoms with van der Waals surface area (Å²) in [7, 11) is 0. The zero-order chi connectivity index (χ0) is 60.9. The van der Waals surface area contributed by atoms with Crippen molar-refractivity contribution in [2.75, 3.05) is 0 Å². The molecule has 2 heteroatoms. The Morgan fingerprint density at radius 2 is 0.633 bits per heavy atom. The van der Waals surface area contributed by atoms with Gasteiger partial charge in [0, 0.05) is 43.7 Å². The van der Waals surface area contributed by atoms with E-state index in [0.717, 1.165) is 11.1 Å². The minimum Gasteiger partial charge on any atom is -0.309 e. The van der Waals surface area contributed by atoms with Gasteiger partial charge in [0.05, 0.1) is 27.5 Å². The number of benzene rings is 10. The highest BCUT2D eigenvalue weighted by molar-refractivity contribution is 6.14. The first-order chi connectivity index (χ1) is 44.3. The van der Waals surface area contributed by atoms with Crippen molar-refractivity contribution in [2.24, 2.45) is 0 Å². The van der Waals surface area contributed by atoms with E-state index in [1.807, 2.05) is 12.2 Å². The topological polar surface area (TPSA) is 9.86 Å². The van der Waals surface area contributed by atoms with Crippen LogP contribution in [0.15, 0.2) is 207 Å². The fraction of sp³-hybridized carbons (Fsp3) is 0.273. The lowest BCUT2D eigenvalue weighted by Gasteiger charge is -2.33. The molecule has 2 nitrogen and oxygen atoms in total. The van der Waals surface area contributed by atoms with Gasteiger partial charge in [0.1, 0.15) is 0 Å². The van der Waals surface area contributed by atoms with Crippen molar-refractivity contribution in [1.82, 2.24) is 9.13 Å². The molecule has 446 valence electrons. The summed E-state index contributed by atoms with van der Waals surface area (Å²) < 4.78 is 5.28. The predicted octanol–water partition coefficient (Wildman–Crippen LogP) is 24.8. The maximum absolute atomic E-state index is 4.30. The van der Waals surface area contributed by atoms with Crippen LogP contribution in [0.2, 0.25) is 0 Å². The molecule has 10 aromatic carbocycles. The molecule has 0 saturated carbocycles. The third-order valence-corrected chi connectivity index (χ3v) is 22.5. The molecule has 1 spiro atoms. The summed E-state index contributed by atoms with van der Waals surface area (Å²) >= 11 is 0. The fourth-order valence-electron chi connectivity index (χ4n) is 18.4. The molecular weight excluding hydrogens is 1080 g/mol. The Kier molecular flexibility index (Phi) is 14.0. The van der Waals surface area contributed by atoms with Crippen molar-refractivity contribution in [3.8, 4) is 55.9 Å². The lowest BCUT2D eigenvalue weighted by molar-refractivity contribution is 0.403. The van der Waals surface area contributed by atoms with Crippen molar-refractivity contribution in [2.45, 2.75) is 153 Å². The monoisotopic (exact) mass is 1170 g/mol. The van der Waals surface area contributed by atoms with E-state index in [0.29, 0.717) is 0 Å². The number of unbranched alkanes of at least 4 members (excludes halogenated alkanes) is 9. The highest BCUT2D eigenvalue weighted by atomic mass is 15.0. The van der Waals surface area contributed by atoms with E-state index in [-0.39, 0.29) is 10.8 Å². The van der Waals surface area contributed by atoms with Crippen LogP contribution < -0.4 is 0 Å². The molecule has 12 aromatic rings. The molecule has 16 rings (SSSR count). The Hall–Kier alpha value is -8.72. The van der Waals surface area contributed by atoms with Crippen LogP contribution in [0.25, 0.3) is 112 Å². The molecule has 90 heavy (non-hydrogen) atoms. The van der Waals surface area contributed by atoms with E-state index in [2.05, 4.69) is 244 Å². The van der Waals surface area contributed by atoms with Crippen molar-refractivity contribution in [1.29, 1.82) is 0 Å². The molecular formula is C88H84N2. The van der Waals surface area contributed by atoms with Gasteiger partial charge in [-0.1, -0.05) is 258 Å². The van der Waals surface area contributed by atoms with Crippen LogP contribution >= 0.6 is 0 Å². The van der Waals surface area contributed by atoms with Crippen LogP contribution in [0, 0.1) is 0 Å². The molecule has 4 aliphatic carbocycles. The highest BCUT2D eigenvalue weighted by Gasteiger charge is 2.52. The zero-order valence-electron chi connectivity index (χ0n) is 53.5. The number of hydrogen-bond acceptors (Lipinski definition) is 0. The van der Waals surface area contributed by atoms with Crippen molar-refractivity contribution >= 4 is 55.8 Å². The average Bonchev–Trinajstić information content (AvgIpc) is 1.51. The van der Waals surface area contributed by atoms with Gasteiger partial charge in [0.2, 0.25) is 0 Å². The van der Waals surface area contributed by atoms with Gasteiger partial charge in [-0.05, 0) is 199 Å². The Labute approximate surface area is 533 Å². The summed E-state index contributed by atoms with van der Waals surface area (Å²) in [6, 6.07) is 77.3. The average molecular weight is 1170 g/mol. The largest absolute Gasteiger partial charge is 0.309 e. The number of nitrogens with zero attached hydrogens (tertiary/aromatic N) is 2. The Morgan fingerprint density at radius 1 is 0.289 bits per heavy atom. The van der Waals surface area contributed by atoms with Gasteiger partial charge in [0.15, 0.2) is 0 Å². The minimum atomic E-state index is -0.597. The predicted molar refractivity (Wildman–Crippen MR) is 385 cm³/mol. The molecule has 0 bridgehead atoms. The van der Waals surface area contributed by atoms with Gasteiger partial charge in [-0.25, -0.2) is 0 Å². The Balaban J connectivity index is 0.935. The maximum atomic E-state index is 4.30. The van der Waals surface area contributed by atoms with Gasteiger partial charge in [-0.2, -0.15) is 0 Å². The molecule has 2 aromatic heterocycles. The van der Waals surface area contributed by atoms with E-state index in [9.17, 15) is 0 Å². The zero-order valence-corrected chi connectivity index (χ0v) is 53.5. The number of rotatable bonds is 21. The summed E-state index contributed by atoms with van der Waals surface area (Å²) in [5.41, 5.74) is 31.4. The van der Waals surface area contributed by atoms with E-state index in [1.165, 1.54) is 253 Å². The van der Waals surface area contributed by atoms with Gasteiger partial charge in [-0.15, -0.1) is 0 Å². The normalized spacial score (nSPS) is 16.8. The molecule has 0 aliphatic heterocycles. The number of fused-ring (bicyclic) bond motifs is 22. The summed E-state index contributed by atoms with van der Waals surface area (Å²) in [4.78, 5) is 0. The standard InChI is InChI=1S/C88H84N2/c1-7-13-17-29-49-87(48-28-16-10-4)75-35-23-19-33-65(75)69-55-73-71-51-59(12-6)39-45-83(71)90(85(73)57-79(69)87)61-41-43-67-63-31-21-25-37-77(63)88(81(67)53-61)76-36-24-20-30-62(76)66-42-40-60(52-80(66)88)89-82-44-38-58(11-5)50-70(82)72-54-68-64-32-18-22-34-74(64)86(46-26-14-8-2,47-27-15-9-3)78(68)56-84(72)89/h11-12,18-25,30-45,50-57H,5-10,13-17,26-29,46-49H2,1-4H3. The van der Waals surface area contributed by atoms with Crippen LogP contribution in [0.1, 0.15) is 192 Å².